The number of rotatable bonds is 3. The smallest absolute Gasteiger partial charge is 0.148 e. The van der Waals surface area contributed by atoms with Gasteiger partial charge in [0.15, 0.2) is 0 Å². The number of anilines is 2. The second-order valence-corrected chi connectivity index (χ2v) is 7.48. The summed E-state index contributed by atoms with van der Waals surface area (Å²) >= 11 is 6.56. The Balaban J connectivity index is 0.00000131. The van der Waals surface area contributed by atoms with E-state index in [1.807, 2.05) is 0 Å². The van der Waals surface area contributed by atoms with E-state index in [4.69, 9.17) is 22.3 Å². The van der Waals surface area contributed by atoms with E-state index in [1.165, 1.54) is 18.5 Å². The summed E-state index contributed by atoms with van der Waals surface area (Å²) in [6.07, 6.45) is 2.35. The summed E-state index contributed by atoms with van der Waals surface area (Å²) in [5.74, 6) is 1.58. The molecule has 0 amide bonds. The van der Waals surface area contributed by atoms with Crippen LogP contribution in [0.1, 0.15) is 12.8 Å². The molecule has 5 nitrogen and oxygen atoms in total. The molecule has 27 heavy (non-hydrogen) atoms. The largest absolute Gasteiger partial charge is 0.371 e. The van der Waals surface area contributed by atoms with Gasteiger partial charge in [0.25, 0.3) is 0 Å². The summed E-state index contributed by atoms with van der Waals surface area (Å²) in [6.45, 7) is 6.82. The number of halogens is 3. The third-order valence-corrected chi connectivity index (χ3v) is 5.74. The standard InChI is InChI=1S/C19H26ClN5.2ClH/c20-17-12-15-11-16(24-7-3-14(13-21)4-8-24)1-2-18(15)23-19(17)25-9-5-22-6-10-25;;/h1-2,11-12,14,22H,3-10,13,21H2;2*1H. The van der Waals surface area contributed by atoms with Gasteiger partial charge in [-0.25, -0.2) is 4.98 Å². The van der Waals surface area contributed by atoms with Gasteiger partial charge in [-0.2, -0.15) is 0 Å². The maximum Gasteiger partial charge on any atom is 0.148 e. The highest BCUT2D eigenvalue weighted by Gasteiger charge is 2.19. The molecule has 2 aliphatic heterocycles. The monoisotopic (exact) mass is 431 g/mol. The quantitative estimate of drug-likeness (QED) is 0.779. The zero-order valence-electron chi connectivity index (χ0n) is 15.4. The zero-order chi connectivity index (χ0) is 17.2. The first-order valence-electron chi connectivity index (χ1n) is 9.25. The van der Waals surface area contributed by atoms with Gasteiger partial charge in [-0.15, -0.1) is 24.8 Å². The van der Waals surface area contributed by atoms with E-state index >= 15 is 0 Å². The Morgan fingerprint density at radius 2 is 1.74 bits per heavy atom. The normalized spacial score (nSPS) is 18.1. The average molecular weight is 433 g/mol. The molecule has 1 aromatic heterocycles. The molecule has 2 fully saturated rings. The van der Waals surface area contributed by atoms with Crippen molar-refractivity contribution in [2.75, 3.05) is 55.6 Å². The van der Waals surface area contributed by atoms with Crippen molar-refractivity contribution < 1.29 is 0 Å². The maximum absolute atomic E-state index is 6.56. The van der Waals surface area contributed by atoms with E-state index in [1.54, 1.807) is 0 Å². The van der Waals surface area contributed by atoms with E-state index in [0.717, 1.165) is 67.6 Å². The predicted molar refractivity (Wildman–Crippen MR) is 120 cm³/mol. The molecule has 2 saturated heterocycles. The van der Waals surface area contributed by atoms with Crippen molar-refractivity contribution in [2.24, 2.45) is 11.7 Å². The third-order valence-electron chi connectivity index (χ3n) is 5.46. The Kier molecular flexibility index (Phi) is 8.25. The van der Waals surface area contributed by atoms with Crippen molar-refractivity contribution in [3.63, 3.8) is 0 Å². The van der Waals surface area contributed by atoms with E-state index in [0.29, 0.717) is 5.92 Å². The lowest BCUT2D eigenvalue weighted by Gasteiger charge is -2.33. The van der Waals surface area contributed by atoms with Crippen LogP contribution in [0.2, 0.25) is 5.02 Å². The first kappa shape index (κ1) is 22.3. The SMILES string of the molecule is Cl.Cl.NCC1CCN(c2ccc3nc(N4CCNCC4)c(Cl)cc3c2)CC1. The minimum atomic E-state index is 0. The van der Waals surface area contributed by atoms with Gasteiger partial charge in [-0.05, 0) is 49.6 Å². The van der Waals surface area contributed by atoms with Crippen molar-refractivity contribution in [2.45, 2.75) is 12.8 Å². The minimum absolute atomic E-state index is 0. The van der Waals surface area contributed by atoms with Crippen LogP contribution in [0.5, 0.6) is 0 Å². The molecular weight excluding hydrogens is 405 g/mol. The van der Waals surface area contributed by atoms with E-state index in [9.17, 15) is 0 Å². The molecule has 2 aliphatic rings. The number of pyridine rings is 1. The Morgan fingerprint density at radius 1 is 1.04 bits per heavy atom. The van der Waals surface area contributed by atoms with Crippen LogP contribution in [-0.4, -0.2) is 50.8 Å². The lowest BCUT2D eigenvalue weighted by Crippen LogP contribution is -2.44. The fourth-order valence-electron chi connectivity index (χ4n) is 3.85. The Morgan fingerprint density at radius 3 is 2.41 bits per heavy atom. The molecule has 0 saturated carbocycles. The van der Waals surface area contributed by atoms with Gasteiger partial charge in [0.1, 0.15) is 5.82 Å². The highest BCUT2D eigenvalue weighted by Crippen LogP contribution is 2.31. The highest BCUT2D eigenvalue weighted by molar-refractivity contribution is 6.33. The second kappa shape index (κ2) is 9.99. The number of nitrogens with one attached hydrogen (secondary N) is 1. The molecule has 1 aromatic carbocycles. The van der Waals surface area contributed by atoms with E-state index in [2.05, 4.69) is 39.4 Å². The van der Waals surface area contributed by atoms with Crippen LogP contribution in [0, 0.1) is 5.92 Å². The number of fused-ring (bicyclic) bond motifs is 1. The molecule has 0 spiro atoms. The summed E-state index contributed by atoms with van der Waals surface area (Å²) in [4.78, 5) is 9.56. The fraction of sp³-hybridized carbons (Fsp3) is 0.526. The van der Waals surface area contributed by atoms with Gasteiger partial charge in [0.05, 0.1) is 10.5 Å². The summed E-state index contributed by atoms with van der Waals surface area (Å²) in [5, 5.41) is 5.22. The third kappa shape index (κ3) is 4.90. The minimum Gasteiger partial charge on any atom is -0.371 e. The predicted octanol–water partition coefficient (Wildman–Crippen LogP) is 3.32. The fourth-order valence-corrected chi connectivity index (χ4v) is 4.13. The van der Waals surface area contributed by atoms with Crippen LogP contribution in [0.25, 0.3) is 10.9 Å². The van der Waals surface area contributed by atoms with Gasteiger partial charge in [-0.3, -0.25) is 0 Å². The molecule has 0 radical (unpaired) electrons. The van der Waals surface area contributed by atoms with E-state index in [-0.39, 0.29) is 24.8 Å². The van der Waals surface area contributed by atoms with Crippen molar-refractivity contribution >= 4 is 58.8 Å². The van der Waals surface area contributed by atoms with Gasteiger partial charge >= 0.3 is 0 Å². The molecule has 150 valence electrons. The summed E-state index contributed by atoms with van der Waals surface area (Å²) in [5.41, 5.74) is 8.08. The molecule has 0 bridgehead atoms. The number of aromatic nitrogens is 1. The zero-order valence-corrected chi connectivity index (χ0v) is 17.8. The van der Waals surface area contributed by atoms with Crippen molar-refractivity contribution in [3.05, 3.63) is 29.3 Å². The molecular formula is C19H28Cl3N5. The van der Waals surface area contributed by atoms with Crippen LogP contribution in [0.15, 0.2) is 24.3 Å². The molecule has 0 atom stereocenters. The Labute approximate surface area is 178 Å². The topological polar surface area (TPSA) is 57.4 Å². The number of hydrogen-bond acceptors (Lipinski definition) is 5. The van der Waals surface area contributed by atoms with Crippen molar-refractivity contribution in [1.29, 1.82) is 0 Å². The van der Waals surface area contributed by atoms with Crippen LogP contribution in [-0.2, 0) is 0 Å². The Bertz CT molecular complexity index is 743. The van der Waals surface area contributed by atoms with Crippen molar-refractivity contribution in [1.82, 2.24) is 10.3 Å². The number of piperazine rings is 1. The van der Waals surface area contributed by atoms with E-state index < -0.39 is 0 Å². The van der Waals surface area contributed by atoms with Gasteiger partial charge in [0.2, 0.25) is 0 Å². The number of piperidine rings is 1. The average Bonchev–Trinajstić information content (AvgIpc) is 2.68. The molecule has 8 heteroatoms. The van der Waals surface area contributed by atoms with Crippen LogP contribution in [0.3, 0.4) is 0 Å². The molecule has 3 heterocycles. The molecule has 4 rings (SSSR count). The first-order chi connectivity index (χ1) is 12.2. The molecule has 3 N–H and O–H groups in total. The van der Waals surface area contributed by atoms with Crippen LogP contribution in [0.4, 0.5) is 11.5 Å². The molecule has 0 aliphatic carbocycles. The lowest BCUT2D eigenvalue weighted by atomic mass is 9.96. The van der Waals surface area contributed by atoms with Crippen molar-refractivity contribution in [3.8, 4) is 0 Å². The maximum atomic E-state index is 6.56. The van der Waals surface area contributed by atoms with Gasteiger partial charge in [-0.1, -0.05) is 11.6 Å². The number of nitrogens with zero attached hydrogens (tertiary/aromatic N) is 3. The number of nitrogens with two attached hydrogens (primary N) is 1. The van der Waals surface area contributed by atoms with Gasteiger partial charge < -0.3 is 20.9 Å². The summed E-state index contributed by atoms with van der Waals surface area (Å²) in [6, 6.07) is 8.60. The van der Waals surface area contributed by atoms with Gasteiger partial charge in [0, 0.05) is 50.3 Å². The molecule has 0 unspecified atom stereocenters. The van der Waals surface area contributed by atoms with Crippen LogP contribution < -0.4 is 20.9 Å². The molecule has 2 aromatic rings. The number of benzene rings is 1. The lowest BCUT2D eigenvalue weighted by molar-refractivity contribution is 0.414. The first-order valence-corrected chi connectivity index (χ1v) is 9.63. The second-order valence-electron chi connectivity index (χ2n) is 7.07. The highest BCUT2D eigenvalue weighted by atomic mass is 35.5. The number of hydrogen-bond donors (Lipinski definition) is 2. The Hall–Kier alpha value is -0.980. The summed E-state index contributed by atoms with van der Waals surface area (Å²) in [7, 11) is 0. The summed E-state index contributed by atoms with van der Waals surface area (Å²) < 4.78 is 0. The van der Waals surface area contributed by atoms with Crippen LogP contribution >= 0.6 is 36.4 Å².